The highest BCUT2D eigenvalue weighted by Crippen LogP contribution is 1.96. The summed E-state index contributed by atoms with van der Waals surface area (Å²) in [5.74, 6) is 0. The van der Waals surface area contributed by atoms with Crippen molar-refractivity contribution >= 4 is 12.2 Å². The molecule has 4 heteroatoms. The smallest absolute Gasteiger partial charge is 0.126 e. The Kier molecular flexibility index (Phi) is 2.73. The molecule has 0 bridgehead atoms. The van der Waals surface area contributed by atoms with Gasteiger partial charge in [0.05, 0.1) is 5.69 Å². The highest BCUT2D eigenvalue weighted by molar-refractivity contribution is 7.71. The van der Waals surface area contributed by atoms with Gasteiger partial charge >= 0.3 is 0 Å². The van der Waals surface area contributed by atoms with Gasteiger partial charge in [0.2, 0.25) is 0 Å². The second kappa shape index (κ2) is 3.59. The van der Waals surface area contributed by atoms with Gasteiger partial charge in [-0.25, -0.2) is 0 Å². The van der Waals surface area contributed by atoms with E-state index in [1.54, 1.807) is 12.4 Å². The summed E-state index contributed by atoms with van der Waals surface area (Å²) in [6.07, 6.45) is 3.45. The minimum Gasteiger partial charge on any atom is -0.350 e. The zero-order valence-electron chi connectivity index (χ0n) is 6.66. The van der Waals surface area contributed by atoms with Crippen LogP contribution in [0.2, 0.25) is 0 Å². The van der Waals surface area contributed by atoms with E-state index in [4.69, 9.17) is 12.2 Å². The molecule has 0 spiro atoms. The van der Waals surface area contributed by atoms with Gasteiger partial charge in [-0.3, -0.25) is 4.98 Å². The number of aromatic amines is 1. The van der Waals surface area contributed by atoms with Crippen LogP contribution in [0, 0.1) is 4.64 Å². The standard InChI is InChI=1S/C7H11N3S/c1-10(2)5-6-7(11)9-4-3-8-6/h3-4H,5H2,1-2H3,(H,9,11). The molecular weight excluding hydrogens is 158 g/mol. The number of aromatic nitrogens is 2. The molecule has 0 unspecified atom stereocenters. The molecule has 60 valence electrons. The van der Waals surface area contributed by atoms with Gasteiger partial charge in [0, 0.05) is 18.9 Å². The number of hydrogen-bond acceptors (Lipinski definition) is 3. The summed E-state index contributed by atoms with van der Waals surface area (Å²) < 4.78 is 0.723. The van der Waals surface area contributed by atoms with Gasteiger partial charge < -0.3 is 9.88 Å². The van der Waals surface area contributed by atoms with Gasteiger partial charge in [0.1, 0.15) is 4.64 Å². The lowest BCUT2D eigenvalue weighted by molar-refractivity contribution is 0.395. The van der Waals surface area contributed by atoms with Crippen molar-refractivity contribution in [2.75, 3.05) is 14.1 Å². The van der Waals surface area contributed by atoms with Crippen LogP contribution in [0.4, 0.5) is 0 Å². The Morgan fingerprint density at radius 2 is 2.36 bits per heavy atom. The van der Waals surface area contributed by atoms with E-state index in [9.17, 15) is 0 Å². The molecule has 0 fully saturated rings. The summed E-state index contributed by atoms with van der Waals surface area (Å²) in [7, 11) is 3.98. The minimum atomic E-state index is 0.723. The first kappa shape index (κ1) is 8.36. The van der Waals surface area contributed by atoms with Gasteiger partial charge in [-0.1, -0.05) is 12.2 Å². The Bertz CT molecular complexity index is 279. The number of nitrogens with one attached hydrogen (secondary N) is 1. The quantitative estimate of drug-likeness (QED) is 0.675. The third-order valence-corrected chi connectivity index (χ3v) is 1.60. The van der Waals surface area contributed by atoms with Crippen molar-refractivity contribution in [1.82, 2.24) is 14.9 Å². The lowest BCUT2D eigenvalue weighted by Crippen LogP contribution is -2.12. The molecule has 0 radical (unpaired) electrons. The Hall–Kier alpha value is -0.740. The van der Waals surface area contributed by atoms with E-state index in [2.05, 4.69) is 9.97 Å². The first-order valence-electron chi connectivity index (χ1n) is 3.37. The summed E-state index contributed by atoms with van der Waals surface area (Å²) in [5.41, 5.74) is 0.924. The molecule has 0 saturated heterocycles. The molecule has 1 aromatic rings. The molecular formula is C7H11N3S. The zero-order chi connectivity index (χ0) is 8.27. The second-order valence-corrected chi connectivity index (χ2v) is 3.01. The third-order valence-electron chi connectivity index (χ3n) is 1.25. The van der Waals surface area contributed by atoms with Gasteiger partial charge in [-0.2, -0.15) is 0 Å². The van der Waals surface area contributed by atoms with E-state index in [0.717, 1.165) is 16.9 Å². The summed E-state index contributed by atoms with van der Waals surface area (Å²) in [5, 5.41) is 0. The van der Waals surface area contributed by atoms with Crippen LogP contribution in [-0.2, 0) is 6.54 Å². The van der Waals surface area contributed by atoms with Crippen molar-refractivity contribution in [1.29, 1.82) is 0 Å². The fraction of sp³-hybridized carbons (Fsp3) is 0.429. The molecule has 0 aromatic carbocycles. The molecule has 0 saturated carbocycles. The maximum atomic E-state index is 5.03. The lowest BCUT2D eigenvalue weighted by Gasteiger charge is -2.07. The normalized spacial score (nSPS) is 10.5. The summed E-state index contributed by atoms with van der Waals surface area (Å²) in [4.78, 5) is 9.11. The third kappa shape index (κ3) is 2.40. The molecule has 1 N–H and O–H groups in total. The topological polar surface area (TPSA) is 31.9 Å². The molecule has 1 heterocycles. The molecule has 0 amide bonds. The van der Waals surface area contributed by atoms with Crippen LogP contribution >= 0.6 is 12.2 Å². The van der Waals surface area contributed by atoms with E-state index in [1.807, 2.05) is 19.0 Å². The summed E-state index contributed by atoms with van der Waals surface area (Å²) in [6.45, 7) is 0.788. The van der Waals surface area contributed by atoms with Crippen LogP contribution in [0.5, 0.6) is 0 Å². The highest BCUT2D eigenvalue weighted by Gasteiger charge is 1.96. The van der Waals surface area contributed by atoms with Crippen LogP contribution in [0.1, 0.15) is 5.69 Å². The fourth-order valence-electron chi connectivity index (χ4n) is 0.794. The largest absolute Gasteiger partial charge is 0.350 e. The Morgan fingerprint density at radius 3 is 2.91 bits per heavy atom. The predicted molar refractivity (Wildman–Crippen MR) is 46.8 cm³/mol. The molecule has 0 aliphatic rings. The first-order valence-corrected chi connectivity index (χ1v) is 3.78. The zero-order valence-corrected chi connectivity index (χ0v) is 7.48. The molecule has 0 aliphatic heterocycles. The molecule has 1 rings (SSSR count). The van der Waals surface area contributed by atoms with Crippen LogP contribution < -0.4 is 0 Å². The van der Waals surface area contributed by atoms with Crippen molar-refractivity contribution < 1.29 is 0 Å². The van der Waals surface area contributed by atoms with Crippen LogP contribution in [0.25, 0.3) is 0 Å². The SMILES string of the molecule is CN(C)Cc1ncc[nH]c1=S. The first-order chi connectivity index (χ1) is 5.20. The van der Waals surface area contributed by atoms with Gasteiger partial charge in [0.15, 0.2) is 0 Å². The second-order valence-electron chi connectivity index (χ2n) is 2.60. The number of H-pyrrole nitrogens is 1. The Balaban J connectivity index is 2.87. The predicted octanol–water partition coefficient (Wildman–Crippen LogP) is 1.20. The van der Waals surface area contributed by atoms with Crippen molar-refractivity contribution in [2.45, 2.75) is 6.54 Å². The van der Waals surface area contributed by atoms with Crippen molar-refractivity contribution in [2.24, 2.45) is 0 Å². The van der Waals surface area contributed by atoms with Crippen molar-refractivity contribution in [3.8, 4) is 0 Å². The molecule has 1 aromatic heterocycles. The maximum Gasteiger partial charge on any atom is 0.126 e. The summed E-state index contributed by atoms with van der Waals surface area (Å²) in [6, 6.07) is 0. The average molecular weight is 169 g/mol. The van der Waals surface area contributed by atoms with Crippen LogP contribution in [0.3, 0.4) is 0 Å². The average Bonchev–Trinajstić information content (AvgIpc) is 1.93. The monoisotopic (exact) mass is 169 g/mol. The number of rotatable bonds is 2. The maximum absolute atomic E-state index is 5.03. The van der Waals surface area contributed by atoms with Crippen LogP contribution in [-0.4, -0.2) is 29.0 Å². The van der Waals surface area contributed by atoms with E-state index >= 15 is 0 Å². The fourth-order valence-corrected chi connectivity index (χ4v) is 0.980. The number of hydrogen-bond donors (Lipinski definition) is 1. The van der Waals surface area contributed by atoms with E-state index in [0.29, 0.717) is 0 Å². The molecule has 11 heavy (non-hydrogen) atoms. The summed E-state index contributed by atoms with van der Waals surface area (Å²) >= 11 is 5.03. The molecule has 0 aliphatic carbocycles. The van der Waals surface area contributed by atoms with E-state index in [1.165, 1.54) is 0 Å². The van der Waals surface area contributed by atoms with Crippen molar-refractivity contribution in [3.05, 3.63) is 22.7 Å². The Morgan fingerprint density at radius 1 is 1.64 bits per heavy atom. The molecule has 3 nitrogen and oxygen atoms in total. The van der Waals surface area contributed by atoms with Crippen molar-refractivity contribution in [3.63, 3.8) is 0 Å². The molecule has 0 atom stereocenters. The minimum absolute atomic E-state index is 0.723. The highest BCUT2D eigenvalue weighted by atomic mass is 32.1. The number of nitrogens with zero attached hydrogens (tertiary/aromatic N) is 2. The van der Waals surface area contributed by atoms with E-state index < -0.39 is 0 Å². The lowest BCUT2D eigenvalue weighted by atomic mass is 10.4. The van der Waals surface area contributed by atoms with Gasteiger partial charge in [-0.05, 0) is 14.1 Å². The Labute approximate surface area is 71.1 Å². The van der Waals surface area contributed by atoms with E-state index in [-0.39, 0.29) is 0 Å². The van der Waals surface area contributed by atoms with Crippen LogP contribution in [0.15, 0.2) is 12.4 Å². The van der Waals surface area contributed by atoms with Gasteiger partial charge in [-0.15, -0.1) is 0 Å². The van der Waals surface area contributed by atoms with Gasteiger partial charge in [0.25, 0.3) is 0 Å².